The van der Waals surface area contributed by atoms with Crippen LogP contribution in [0.15, 0.2) is 0 Å². The highest BCUT2D eigenvalue weighted by Crippen LogP contribution is 1.84. The van der Waals surface area contributed by atoms with E-state index in [0.29, 0.717) is 0 Å². The van der Waals surface area contributed by atoms with Crippen LogP contribution in [0.2, 0.25) is 0 Å². The molecule has 0 bridgehead atoms. The number of ether oxygens (including phenoxy) is 1. The maximum atomic E-state index is 4.74. The van der Waals surface area contributed by atoms with Crippen molar-refractivity contribution in [1.82, 2.24) is 0 Å². The van der Waals surface area contributed by atoms with Crippen molar-refractivity contribution in [3.05, 3.63) is 0 Å². The second-order valence-corrected chi connectivity index (χ2v) is 3.60. The van der Waals surface area contributed by atoms with Crippen LogP contribution < -0.4 is 0 Å². The van der Waals surface area contributed by atoms with Crippen molar-refractivity contribution in [3.63, 3.8) is 0 Å². The van der Waals surface area contributed by atoms with Crippen LogP contribution in [0, 0.1) is 0 Å². The molecule has 0 N–H and O–H groups in total. The smallest absolute Gasteiger partial charge is 0.379 e. The minimum Gasteiger partial charge on any atom is -0.379 e. The van der Waals surface area contributed by atoms with Crippen molar-refractivity contribution >= 4 is 9.53 Å². The maximum Gasteiger partial charge on any atom is 0.483 e. The van der Waals surface area contributed by atoms with Crippen LogP contribution >= 0.6 is 0 Å². The number of hydrogen-bond donors (Lipinski definition) is 0. The van der Waals surface area contributed by atoms with Crippen LogP contribution in [0.1, 0.15) is 0 Å². The van der Waals surface area contributed by atoms with Crippen LogP contribution in [0.5, 0.6) is 0 Å². The van der Waals surface area contributed by atoms with Crippen molar-refractivity contribution < 1.29 is 18.0 Å². The van der Waals surface area contributed by atoms with Crippen LogP contribution in [-0.4, -0.2) is 44.1 Å². The van der Waals surface area contributed by atoms with Crippen LogP contribution in [-0.2, 0) is 18.0 Å². The van der Waals surface area contributed by atoms with Gasteiger partial charge in [-0.2, -0.15) is 0 Å². The monoisotopic (exact) mass is 166 g/mol. The lowest BCUT2D eigenvalue weighted by Gasteiger charge is -2.05. The molecule has 0 unspecified atom stereocenters. The molecule has 0 saturated carbocycles. The van der Waals surface area contributed by atoms with E-state index in [9.17, 15) is 0 Å². The average Bonchev–Trinajstić information content (AvgIpc) is 2.76. The summed E-state index contributed by atoms with van der Waals surface area (Å²) in [6, 6.07) is 0. The Morgan fingerprint density at radius 1 is 1.00 bits per heavy atom. The first kappa shape index (κ1) is 10.1. The predicted octanol–water partition coefficient (Wildman–Crippen LogP) is -0.341. The molecule has 4 nitrogen and oxygen atoms in total. The largest absolute Gasteiger partial charge is 0.483 e. The standard InChI is InChI=1S/C3H10O3Si.C2H4O/c1-4-7(5-2)6-3;1-2-3-1/h7H,1-3H3;1-2H2. The summed E-state index contributed by atoms with van der Waals surface area (Å²) in [6.07, 6.45) is 0. The molecule has 0 atom stereocenters. The summed E-state index contributed by atoms with van der Waals surface area (Å²) in [7, 11) is 3.05. The molecule has 0 aromatic heterocycles. The molecular weight excluding hydrogens is 152 g/mol. The Hall–Kier alpha value is 0.0569. The highest BCUT2D eigenvalue weighted by atomic mass is 28.3. The summed E-state index contributed by atoms with van der Waals surface area (Å²) in [5.74, 6) is 0. The Balaban J connectivity index is 0.000000219. The van der Waals surface area contributed by atoms with E-state index in [2.05, 4.69) is 4.74 Å². The fourth-order valence-electron chi connectivity index (χ4n) is 0.289. The third kappa shape index (κ3) is 8.06. The van der Waals surface area contributed by atoms with Gasteiger partial charge in [-0.1, -0.05) is 0 Å². The zero-order chi connectivity index (χ0) is 7.82. The summed E-state index contributed by atoms with van der Waals surface area (Å²) in [5.41, 5.74) is 0. The van der Waals surface area contributed by atoms with E-state index in [1.54, 1.807) is 21.3 Å². The molecule has 1 aliphatic rings. The van der Waals surface area contributed by atoms with Gasteiger partial charge in [-0.25, -0.2) is 0 Å². The van der Waals surface area contributed by atoms with Gasteiger partial charge < -0.3 is 18.0 Å². The first-order valence-electron chi connectivity index (χ1n) is 3.01. The van der Waals surface area contributed by atoms with Crippen molar-refractivity contribution in [3.8, 4) is 0 Å². The molecule has 1 aliphatic heterocycles. The SMILES string of the molecule is C1CO1.CO[SiH](OC)OC. The summed E-state index contributed by atoms with van der Waals surface area (Å²) in [5, 5.41) is 0. The summed E-state index contributed by atoms with van der Waals surface area (Å²) in [4.78, 5) is 0. The normalized spacial score (nSPS) is 14.4. The lowest BCUT2D eigenvalue weighted by atomic mass is 11.0. The second kappa shape index (κ2) is 7.17. The molecule has 1 saturated heterocycles. The van der Waals surface area contributed by atoms with Crippen molar-refractivity contribution in [1.29, 1.82) is 0 Å². The molecular formula is C5H14O4Si. The van der Waals surface area contributed by atoms with E-state index in [0.717, 1.165) is 13.2 Å². The third-order valence-electron chi connectivity index (χ3n) is 0.781. The molecule has 1 fully saturated rings. The predicted molar refractivity (Wildman–Crippen MR) is 39.0 cm³/mol. The third-order valence-corrected chi connectivity index (χ3v) is 1.94. The lowest BCUT2D eigenvalue weighted by molar-refractivity contribution is 0.163. The topological polar surface area (TPSA) is 40.2 Å². The molecule has 0 spiro atoms. The van der Waals surface area contributed by atoms with Crippen LogP contribution in [0.4, 0.5) is 0 Å². The molecule has 0 aromatic rings. The van der Waals surface area contributed by atoms with Gasteiger partial charge in [-0.15, -0.1) is 0 Å². The quantitative estimate of drug-likeness (QED) is 0.425. The first-order valence-corrected chi connectivity index (χ1v) is 4.42. The van der Waals surface area contributed by atoms with Crippen molar-refractivity contribution in [2.24, 2.45) is 0 Å². The van der Waals surface area contributed by atoms with Gasteiger partial charge in [-0.05, 0) is 0 Å². The van der Waals surface area contributed by atoms with Gasteiger partial charge >= 0.3 is 9.53 Å². The first-order chi connectivity index (χ1) is 4.85. The van der Waals surface area contributed by atoms with Crippen molar-refractivity contribution in [2.45, 2.75) is 0 Å². The summed E-state index contributed by atoms with van der Waals surface area (Å²) in [6.45, 7) is 2.00. The molecule has 5 heteroatoms. The number of rotatable bonds is 3. The van der Waals surface area contributed by atoms with Gasteiger partial charge in [-0.3, -0.25) is 0 Å². The molecule has 0 aromatic carbocycles. The van der Waals surface area contributed by atoms with Gasteiger partial charge in [0.2, 0.25) is 0 Å². The highest BCUT2D eigenvalue weighted by molar-refractivity contribution is 6.36. The molecule has 1 heterocycles. The Bertz CT molecular complexity index is 56.4. The average molecular weight is 166 g/mol. The highest BCUT2D eigenvalue weighted by Gasteiger charge is 2.04. The van der Waals surface area contributed by atoms with E-state index < -0.39 is 9.53 Å². The molecule has 0 radical (unpaired) electrons. The second-order valence-electron chi connectivity index (χ2n) is 1.61. The van der Waals surface area contributed by atoms with Crippen molar-refractivity contribution in [2.75, 3.05) is 34.5 Å². The summed E-state index contributed by atoms with van der Waals surface area (Å²) >= 11 is 0. The van der Waals surface area contributed by atoms with E-state index in [1.165, 1.54) is 0 Å². The van der Waals surface area contributed by atoms with E-state index in [-0.39, 0.29) is 0 Å². The Morgan fingerprint density at radius 2 is 1.30 bits per heavy atom. The minimum absolute atomic E-state index is 1.00. The van der Waals surface area contributed by atoms with Gasteiger partial charge in [0.15, 0.2) is 0 Å². The van der Waals surface area contributed by atoms with E-state index >= 15 is 0 Å². The zero-order valence-corrected chi connectivity index (χ0v) is 7.78. The Morgan fingerprint density at radius 3 is 1.30 bits per heavy atom. The van der Waals surface area contributed by atoms with Gasteiger partial charge in [0.1, 0.15) is 0 Å². The zero-order valence-electron chi connectivity index (χ0n) is 6.62. The molecule has 10 heavy (non-hydrogen) atoms. The Labute approximate surface area is 63.0 Å². The van der Waals surface area contributed by atoms with E-state index in [4.69, 9.17) is 13.3 Å². The van der Waals surface area contributed by atoms with Gasteiger partial charge in [0.05, 0.1) is 13.2 Å². The lowest BCUT2D eigenvalue weighted by Crippen LogP contribution is -2.21. The Kier molecular flexibility index (Phi) is 7.21. The van der Waals surface area contributed by atoms with Gasteiger partial charge in [0.25, 0.3) is 0 Å². The van der Waals surface area contributed by atoms with E-state index in [1.807, 2.05) is 0 Å². The maximum absolute atomic E-state index is 4.74. The fraction of sp³-hybridized carbons (Fsp3) is 1.00. The molecule has 0 aliphatic carbocycles. The number of epoxide rings is 1. The molecule has 62 valence electrons. The summed E-state index contributed by atoms with van der Waals surface area (Å²) < 4.78 is 18.7. The van der Waals surface area contributed by atoms with Crippen LogP contribution in [0.25, 0.3) is 0 Å². The molecule has 0 amide bonds. The number of hydrogen-bond acceptors (Lipinski definition) is 4. The van der Waals surface area contributed by atoms with Gasteiger partial charge in [0, 0.05) is 21.3 Å². The fourth-order valence-corrected chi connectivity index (χ4v) is 0.866. The minimum atomic E-state index is -1.67. The van der Waals surface area contributed by atoms with Crippen LogP contribution in [0.3, 0.4) is 0 Å². The molecule has 1 rings (SSSR count).